The van der Waals surface area contributed by atoms with Gasteiger partial charge in [-0.1, -0.05) is 22.9 Å². The lowest BCUT2D eigenvalue weighted by molar-refractivity contribution is 0.180. The predicted octanol–water partition coefficient (Wildman–Crippen LogP) is 2.94. The van der Waals surface area contributed by atoms with Crippen LogP contribution in [0.5, 0.6) is 0 Å². The predicted molar refractivity (Wildman–Crippen MR) is 101 cm³/mol. The summed E-state index contributed by atoms with van der Waals surface area (Å²) in [5.41, 5.74) is 1.66. The minimum atomic E-state index is -3.56. The Kier molecular flexibility index (Phi) is 5.00. The summed E-state index contributed by atoms with van der Waals surface area (Å²) in [6, 6.07) is 5.09. The molecule has 0 aliphatic carbocycles. The number of methoxy groups -OCH3 is 1. The quantitative estimate of drug-likeness (QED) is 0.757. The second-order valence-electron chi connectivity index (χ2n) is 7.38. The Balaban J connectivity index is 1.57. The topological polar surface area (TPSA) is 77.3 Å². The molecule has 2 bridgehead atoms. The number of benzene rings is 1. The zero-order chi connectivity index (χ0) is 19.2. The maximum atomic E-state index is 13.3. The van der Waals surface area contributed by atoms with Gasteiger partial charge in [0.25, 0.3) is 0 Å². The number of aryl methyl sites for hydroxylation is 1. The molecule has 2 atom stereocenters. The van der Waals surface area contributed by atoms with Crippen LogP contribution in [0.1, 0.15) is 43.0 Å². The van der Waals surface area contributed by atoms with Crippen LogP contribution in [0.2, 0.25) is 5.02 Å². The highest BCUT2D eigenvalue weighted by molar-refractivity contribution is 7.89. The van der Waals surface area contributed by atoms with Gasteiger partial charge in [-0.3, -0.25) is 0 Å². The Morgan fingerprint density at radius 3 is 2.56 bits per heavy atom. The zero-order valence-electron chi connectivity index (χ0n) is 15.4. The van der Waals surface area contributed by atoms with Gasteiger partial charge >= 0.3 is 0 Å². The molecule has 2 aromatic rings. The van der Waals surface area contributed by atoms with E-state index in [-0.39, 0.29) is 23.0 Å². The molecule has 3 heterocycles. The van der Waals surface area contributed by atoms with Crippen LogP contribution >= 0.6 is 11.6 Å². The number of ether oxygens (including phenoxy) is 1. The van der Waals surface area contributed by atoms with Crippen molar-refractivity contribution in [1.29, 1.82) is 0 Å². The number of fused-ring (bicyclic) bond motifs is 2. The summed E-state index contributed by atoms with van der Waals surface area (Å²) in [6.45, 7) is 2.29. The van der Waals surface area contributed by atoms with Crippen molar-refractivity contribution in [2.24, 2.45) is 0 Å². The first-order valence-electron chi connectivity index (χ1n) is 9.09. The fourth-order valence-electron chi connectivity index (χ4n) is 4.28. The van der Waals surface area contributed by atoms with E-state index >= 15 is 0 Å². The van der Waals surface area contributed by atoms with Crippen LogP contribution < -0.4 is 0 Å². The van der Waals surface area contributed by atoms with Crippen LogP contribution in [-0.2, 0) is 21.4 Å². The molecule has 2 aliphatic heterocycles. The SMILES string of the molecule is COCc1cn(C2CC3CCC(C2)N3S(=O)(=O)c2ccc(C)c(Cl)c2)nn1. The number of rotatable bonds is 5. The molecule has 2 unspecified atom stereocenters. The van der Waals surface area contributed by atoms with Crippen molar-refractivity contribution in [3.63, 3.8) is 0 Å². The van der Waals surface area contributed by atoms with Crippen molar-refractivity contribution in [2.75, 3.05) is 7.11 Å². The molecule has 1 aromatic carbocycles. The lowest BCUT2D eigenvalue weighted by Gasteiger charge is -2.37. The van der Waals surface area contributed by atoms with Gasteiger partial charge in [0.2, 0.25) is 10.0 Å². The third-order valence-corrected chi connectivity index (χ3v) is 7.99. The molecule has 0 radical (unpaired) electrons. The van der Waals surface area contributed by atoms with Crippen LogP contribution in [0.4, 0.5) is 0 Å². The van der Waals surface area contributed by atoms with Gasteiger partial charge in [0, 0.05) is 24.2 Å². The monoisotopic (exact) mass is 410 g/mol. The first-order chi connectivity index (χ1) is 12.9. The minimum Gasteiger partial charge on any atom is -0.378 e. The van der Waals surface area contributed by atoms with E-state index in [0.29, 0.717) is 11.6 Å². The molecular weight excluding hydrogens is 388 g/mol. The van der Waals surface area contributed by atoms with Crippen molar-refractivity contribution in [2.45, 2.75) is 62.2 Å². The Hall–Kier alpha value is -1.48. The Morgan fingerprint density at radius 2 is 1.93 bits per heavy atom. The molecule has 0 amide bonds. The maximum absolute atomic E-state index is 13.3. The van der Waals surface area contributed by atoms with Crippen molar-refractivity contribution in [3.8, 4) is 0 Å². The normalized spacial score (nSPS) is 25.8. The van der Waals surface area contributed by atoms with Gasteiger partial charge in [-0.05, 0) is 50.3 Å². The average molecular weight is 411 g/mol. The highest BCUT2D eigenvalue weighted by Crippen LogP contribution is 2.43. The molecular formula is C18H23ClN4O3S. The molecule has 0 N–H and O–H groups in total. The Bertz CT molecular complexity index is 932. The highest BCUT2D eigenvalue weighted by atomic mass is 35.5. The fraction of sp³-hybridized carbons (Fsp3) is 0.556. The molecule has 146 valence electrons. The standard InChI is InChI=1S/C18H23ClN4O3S/c1-12-3-6-17(9-18(12)19)27(24,25)23-14-4-5-15(23)8-16(7-14)22-10-13(11-26-2)20-21-22/h3,6,9-10,14-16H,4-5,7-8,11H2,1-2H3. The van der Waals surface area contributed by atoms with E-state index in [4.69, 9.17) is 16.3 Å². The number of hydrogen-bond donors (Lipinski definition) is 0. The molecule has 2 fully saturated rings. The van der Waals surface area contributed by atoms with E-state index in [1.165, 1.54) is 0 Å². The van der Waals surface area contributed by atoms with Crippen LogP contribution in [0.15, 0.2) is 29.3 Å². The Labute approximate surface area is 164 Å². The lowest BCUT2D eigenvalue weighted by Crippen LogP contribution is -2.46. The second kappa shape index (κ2) is 7.16. The van der Waals surface area contributed by atoms with E-state index in [1.807, 2.05) is 17.8 Å². The van der Waals surface area contributed by atoms with E-state index < -0.39 is 10.0 Å². The second-order valence-corrected chi connectivity index (χ2v) is 9.63. The number of nitrogens with zero attached hydrogens (tertiary/aromatic N) is 4. The van der Waals surface area contributed by atoms with Crippen molar-refractivity contribution >= 4 is 21.6 Å². The number of piperidine rings is 1. The van der Waals surface area contributed by atoms with E-state index in [2.05, 4.69) is 10.3 Å². The molecule has 0 saturated carbocycles. The van der Waals surface area contributed by atoms with Crippen LogP contribution in [0, 0.1) is 6.92 Å². The van der Waals surface area contributed by atoms with Crippen molar-refractivity contribution in [1.82, 2.24) is 19.3 Å². The summed E-state index contributed by atoms with van der Waals surface area (Å²) >= 11 is 6.17. The zero-order valence-corrected chi connectivity index (χ0v) is 16.9. The number of hydrogen-bond acceptors (Lipinski definition) is 5. The number of halogens is 1. The molecule has 7 nitrogen and oxygen atoms in total. The summed E-state index contributed by atoms with van der Waals surface area (Å²) in [5.74, 6) is 0. The van der Waals surface area contributed by atoms with Crippen molar-refractivity contribution in [3.05, 3.63) is 40.7 Å². The van der Waals surface area contributed by atoms with E-state index in [9.17, 15) is 8.42 Å². The summed E-state index contributed by atoms with van der Waals surface area (Å²) in [7, 11) is -1.94. The molecule has 27 heavy (non-hydrogen) atoms. The third kappa shape index (κ3) is 3.40. The third-order valence-electron chi connectivity index (χ3n) is 5.58. The Morgan fingerprint density at radius 1 is 1.22 bits per heavy atom. The fourth-order valence-corrected chi connectivity index (χ4v) is 6.44. The van der Waals surface area contributed by atoms with E-state index in [1.54, 1.807) is 29.6 Å². The highest BCUT2D eigenvalue weighted by Gasteiger charge is 2.47. The summed E-state index contributed by atoms with van der Waals surface area (Å²) in [6.07, 6.45) is 5.13. The number of aromatic nitrogens is 3. The maximum Gasteiger partial charge on any atom is 0.243 e. The summed E-state index contributed by atoms with van der Waals surface area (Å²) < 4.78 is 35.2. The van der Waals surface area contributed by atoms with Crippen molar-refractivity contribution < 1.29 is 13.2 Å². The average Bonchev–Trinajstić information content (AvgIpc) is 3.20. The summed E-state index contributed by atoms with van der Waals surface area (Å²) in [5, 5.41) is 8.83. The van der Waals surface area contributed by atoms with Gasteiger partial charge in [0.15, 0.2) is 0 Å². The van der Waals surface area contributed by atoms with Crippen LogP contribution in [0.3, 0.4) is 0 Å². The van der Waals surface area contributed by atoms with Gasteiger partial charge in [-0.15, -0.1) is 5.10 Å². The summed E-state index contributed by atoms with van der Waals surface area (Å²) in [4.78, 5) is 0.275. The molecule has 1 aromatic heterocycles. The molecule has 0 spiro atoms. The lowest BCUT2D eigenvalue weighted by atomic mass is 10.00. The van der Waals surface area contributed by atoms with E-state index in [0.717, 1.165) is 36.9 Å². The van der Waals surface area contributed by atoms with Crippen LogP contribution in [-0.4, -0.2) is 46.9 Å². The molecule has 2 saturated heterocycles. The van der Waals surface area contributed by atoms with Gasteiger partial charge in [0.1, 0.15) is 5.69 Å². The molecule has 9 heteroatoms. The first kappa shape index (κ1) is 18.9. The van der Waals surface area contributed by atoms with Gasteiger partial charge in [0.05, 0.1) is 23.7 Å². The van der Waals surface area contributed by atoms with Gasteiger partial charge in [-0.2, -0.15) is 4.31 Å². The largest absolute Gasteiger partial charge is 0.378 e. The van der Waals surface area contributed by atoms with Gasteiger partial charge < -0.3 is 4.74 Å². The smallest absolute Gasteiger partial charge is 0.243 e. The first-order valence-corrected chi connectivity index (χ1v) is 10.9. The van der Waals surface area contributed by atoms with Gasteiger partial charge in [-0.25, -0.2) is 13.1 Å². The van der Waals surface area contributed by atoms with Crippen LogP contribution in [0.25, 0.3) is 0 Å². The molecule has 4 rings (SSSR count). The molecule has 2 aliphatic rings. The minimum absolute atomic E-state index is 0.0195. The number of sulfonamides is 1.